The zero-order valence-corrected chi connectivity index (χ0v) is 15.5. The molecule has 1 aromatic carbocycles. The van der Waals surface area contributed by atoms with Gasteiger partial charge in [-0.1, -0.05) is 6.07 Å². The Morgan fingerprint density at radius 3 is 2.48 bits per heavy atom. The number of pyridine rings is 1. The Kier molecular flexibility index (Phi) is 5.44. The molecule has 0 aliphatic carbocycles. The molecule has 0 atom stereocenters. The van der Waals surface area contributed by atoms with E-state index in [0.29, 0.717) is 5.65 Å². The fourth-order valence-electron chi connectivity index (χ4n) is 2.67. The van der Waals surface area contributed by atoms with Gasteiger partial charge in [0.25, 0.3) is 5.91 Å². The van der Waals surface area contributed by atoms with E-state index in [4.69, 9.17) is 0 Å². The summed E-state index contributed by atoms with van der Waals surface area (Å²) < 4.78 is 42.0. The van der Waals surface area contributed by atoms with Crippen molar-refractivity contribution in [1.82, 2.24) is 14.3 Å². The van der Waals surface area contributed by atoms with Crippen LogP contribution in [0.3, 0.4) is 0 Å². The predicted molar refractivity (Wildman–Crippen MR) is 98.6 cm³/mol. The largest absolute Gasteiger partial charge is 0.573 e. The highest BCUT2D eigenvalue weighted by atomic mass is 19.4. The molecule has 10 heteroatoms. The van der Waals surface area contributed by atoms with E-state index in [1.807, 2.05) is 19.1 Å². The van der Waals surface area contributed by atoms with Crippen LogP contribution >= 0.6 is 0 Å². The lowest BCUT2D eigenvalue weighted by molar-refractivity contribution is -0.274. The molecular weight excluding hydrogens is 389 g/mol. The molecule has 0 bridgehead atoms. The molecule has 152 valence electrons. The first-order valence-electron chi connectivity index (χ1n) is 8.48. The van der Waals surface area contributed by atoms with E-state index >= 15 is 0 Å². The molecular formula is C19H17F3N4O3. The minimum Gasteiger partial charge on any atom is -0.406 e. The van der Waals surface area contributed by atoms with Crippen molar-refractivity contribution in [3.63, 3.8) is 0 Å². The van der Waals surface area contributed by atoms with E-state index < -0.39 is 23.9 Å². The molecule has 1 N–H and O–H groups in total. The van der Waals surface area contributed by atoms with Crippen molar-refractivity contribution in [3.8, 4) is 5.75 Å². The van der Waals surface area contributed by atoms with Gasteiger partial charge in [-0.3, -0.25) is 9.59 Å². The smallest absolute Gasteiger partial charge is 0.406 e. The number of carbonyl (C=O) groups excluding carboxylic acids is 2. The van der Waals surface area contributed by atoms with Crippen LogP contribution < -0.4 is 10.1 Å². The molecule has 0 aliphatic heterocycles. The predicted octanol–water partition coefficient (Wildman–Crippen LogP) is 3.25. The second kappa shape index (κ2) is 7.82. The van der Waals surface area contributed by atoms with Gasteiger partial charge in [0.05, 0.1) is 6.54 Å². The Hall–Kier alpha value is -3.56. The zero-order chi connectivity index (χ0) is 21.2. The Morgan fingerprint density at radius 1 is 1.17 bits per heavy atom. The monoisotopic (exact) mass is 406 g/mol. The van der Waals surface area contributed by atoms with Crippen LogP contribution in [0.1, 0.15) is 16.2 Å². The van der Waals surface area contributed by atoms with Gasteiger partial charge in [-0.2, -0.15) is 0 Å². The number of halogens is 3. The minimum atomic E-state index is -4.79. The number of anilines is 1. The van der Waals surface area contributed by atoms with E-state index in [2.05, 4.69) is 15.0 Å². The Morgan fingerprint density at radius 2 is 1.86 bits per heavy atom. The molecule has 2 amide bonds. The number of carbonyl (C=O) groups is 2. The van der Waals surface area contributed by atoms with Gasteiger partial charge < -0.3 is 19.4 Å². The van der Waals surface area contributed by atoms with Gasteiger partial charge in [-0.05, 0) is 43.3 Å². The maximum Gasteiger partial charge on any atom is 0.573 e. The van der Waals surface area contributed by atoms with Crippen molar-refractivity contribution in [2.75, 3.05) is 18.9 Å². The number of hydrogen-bond acceptors (Lipinski definition) is 4. The van der Waals surface area contributed by atoms with E-state index in [9.17, 15) is 22.8 Å². The Bertz CT molecular complexity index is 1050. The summed E-state index contributed by atoms with van der Waals surface area (Å²) in [5.74, 6) is -1.34. The molecule has 0 saturated heterocycles. The molecule has 2 heterocycles. The first kappa shape index (κ1) is 20.2. The van der Waals surface area contributed by atoms with Crippen molar-refractivity contribution < 1.29 is 27.5 Å². The normalized spacial score (nSPS) is 11.3. The lowest BCUT2D eigenvalue weighted by Crippen LogP contribution is -2.35. The van der Waals surface area contributed by atoms with Crippen LogP contribution in [0.25, 0.3) is 5.65 Å². The van der Waals surface area contributed by atoms with Gasteiger partial charge in [0, 0.05) is 24.6 Å². The number of ether oxygens (including phenoxy) is 1. The summed E-state index contributed by atoms with van der Waals surface area (Å²) in [7, 11) is 1.46. The number of imidazole rings is 1. The highest BCUT2D eigenvalue weighted by molar-refractivity contribution is 5.98. The standard InChI is InChI=1S/C19H17F3N4O3/c1-12-4-3-5-16-24-15(10-26(12)16)18(28)25(2)11-17(27)23-13-6-8-14(9-7-13)29-19(20,21)22/h3-10H,11H2,1-2H3,(H,23,27). The molecule has 7 nitrogen and oxygen atoms in total. The maximum atomic E-state index is 12.5. The Labute approximate surface area is 163 Å². The highest BCUT2D eigenvalue weighted by Gasteiger charge is 2.31. The number of aryl methyl sites for hydroxylation is 1. The maximum absolute atomic E-state index is 12.5. The van der Waals surface area contributed by atoms with Crippen molar-refractivity contribution in [2.24, 2.45) is 0 Å². The third-order valence-corrected chi connectivity index (χ3v) is 4.01. The van der Waals surface area contributed by atoms with Crippen LogP contribution in [0, 0.1) is 6.92 Å². The quantitative estimate of drug-likeness (QED) is 0.706. The lowest BCUT2D eigenvalue weighted by atomic mass is 10.3. The van der Waals surface area contributed by atoms with Gasteiger partial charge in [-0.25, -0.2) is 4.98 Å². The number of rotatable bonds is 5. The first-order chi connectivity index (χ1) is 13.6. The topological polar surface area (TPSA) is 75.9 Å². The second-order valence-electron chi connectivity index (χ2n) is 6.30. The average Bonchev–Trinajstić information content (AvgIpc) is 3.07. The molecule has 3 rings (SSSR count). The summed E-state index contributed by atoms with van der Waals surface area (Å²) in [6.45, 7) is 1.62. The summed E-state index contributed by atoms with van der Waals surface area (Å²) in [4.78, 5) is 30.2. The van der Waals surface area contributed by atoms with Crippen LogP contribution in [0.2, 0.25) is 0 Å². The number of hydrogen-bond donors (Lipinski definition) is 1. The summed E-state index contributed by atoms with van der Waals surface area (Å²) in [6, 6.07) is 10.2. The van der Waals surface area contributed by atoms with Gasteiger partial charge in [0.1, 0.15) is 17.1 Å². The molecule has 29 heavy (non-hydrogen) atoms. The van der Waals surface area contributed by atoms with Gasteiger partial charge in [0.15, 0.2) is 0 Å². The lowest BCUT2D eigenvalue weighted by Gasteiger charge is -2.15. The van der Waals surface area contributed by atoms with Gasteiger partial charge in [-0.15, -0.1) is 13.2 Å². The third-order valence-electron chi connectivity index (χ3n) is 4.01. The number of benzene rings is 1. The zero-order valence-electron chi connectivity index (χ0n) is 15.5. The number of aromatic nitrogens is 2. The van der Waals surface area contributed by atoms with E-state index in [1.54, 1.807) is 16.7 Å². The van der Waals surface area contributed by atoms with Crippen LogP contribution in [0.5, 0.6) is 5.75 Å². The second-order valence-corrected chi connectivity index (χ2v) is 6.30. The molecule has 0 saturated carbocycles. The number of alkyl halides is 3. The fourth-order valence-corrected chi connectivity index (χ4v) is 2.67. The minimum absolute atomic E-state index is 0.197. The summed E-state index contributed by atoms with van der Waals surface area (Å²) >= 11 is 0. The van der Waals surface area contributed by atoms with Gasteiger partial charge >= 0.3 is 6.36 Å². The number of likely N-dealkylation sites (N-methyl/N-ethyl adjacent to an activating group) is 1. The molecule has 0 radical (unpaired) electrons. The molecule has 3 aromatic rings. The molecule has 2 aromatic heterocycles. The first-order valence-corrected chi connectivity index (χ1v) is 8.48. The number of nitrogens with zero attached hydrogens (tertiary/aromatic N) is 3. The van der Waals surface area contributed by atoms with Crippen LogP contribution in [-0.2, 0) is 4.79 Å². The van der Waals surface area contributed by atoms with E-state index in [0.717, 1.165) is 17.8 Å². The number of fused-ring (bicyclic) bond motifs is 1. The highest BCUT2D eigenvalue weighted by Crippen LogP contribution is 2.24. The summed E-state index contributed by atoms with van der Waals surface area (Å²) in [5, 5.41) is 2.51. The third kappa shape index (κ3) is 5.03. The summed E-state index contributed by atoms with van der Waals surface area (Å²) in [5.41, 5.74) is 2.00. The van der Waals surface area contributed by atoms with Crippen molar-refractivity contribution >= 4 is 23.1 Å². The number of amides is 2. The fraction of sp³-hybridized carbons (Fsp3) is 0.211. The van der Waals surface area contributed by atoms with Gasteiger partial charge in [0.2, 0.25) is 5.91 Å². The van der Waals surface area contributed by atoms with Crippen LogP contribution in [0.15, 0.2) is 48.7 Å². The van der Waals surface area contributed by atoms with Crippen molar-refractivity contribution in [3.05, 3.63) is 60.0 Å². The Balaban J connectivity index is 1.60. The molecule has 0 fully saturated rings. The molecule has 0 aliphatic rings. The van der Waals surface area contributed by atoms with Crippen molar-refractivity contribution in [1.29, 1.82) is 0 Å². The summed E-state index contributed by atoms with van der Waals surface area (Å²) in [6.07, 6.45) is -3.19. The average molecular weight is 406 g/mol. The van der Waals surface area contributed by atoms with E-state index in [-0.39, 0.29) is 17.9 Å². The number of nitrogens with one attached hydrogen (secondary N) is 1. The van der Waals surface area contributed by atoms with Crippen LogP contribution in [0.4, 0.5) is 18.9 Å². The molecule has 0 unspecified atom stereocenters. The molecule has 0 spiro atoms. The van der Waals surface area contributed by atoms with Crippen LogP contribution in [-0.4, -0.2) is 46.1 Å². The van der Waals surface area contributed by atoms with Crippen molar-refractivity contribution in [2.45, 2.75) is 13.3 Å². The van der Waals surface area contributed by atoms with E-state index in [1.165, 1.54) is 24.1 Å². The SMILES string of the molecule is Cc1cccc2nc(C(=O)N(C)CC(=O)Nc3ccc(OC(F)(F)F)cc3)cn12.